The topological polar surface area (TPSA) is 82.1 Å². The van der Waals surface area contributed by atoms with Crippen LogP contribution in [-0.2, 0) is 11.2 Å². The van der Waals surface area contributed by atoms with E-state index in [1.54, 1.807) is 6.07 Å². The average Bonchev–Trinajstić information content (AvgIpc) is 3.40. The van der Waals surface area contributed by atoms with E-state index in [2.05, 4.69) is 32.2 Å². The summed E-state index contributed by atoms with van der Waals surface area (Å²) in [6, 6.07) is 6.44. The monoisotopic (exact) mass is 432 g/mol. The third-order valence-corrected chi connectivity index (χ3v) is 5.87. The second kappa shape index (κ2) is 9.57. The third kappa shape index (κ3) is 4.65. The second-order valence-electron chi connectivity index (χ2n) is 7.11. The van der Waals surface area contributed by atoms with Crippen LogP contribution in [0.4, 0.5) is 10.3 Å². The van der Waals surface area contributed by atoms with Crippen LogP contribution in [0.25, 0.3) is 5.69 Å². The Hall–Kier alpha value is -2.46. The van der Waals surface area contributed by atoms with Crippen LogP contribution in [0.15, 0.2) is 33.9 Å². The molecular formula is C20H25FN6O2S. The molecule has 1 aromatic carbocycles. The number of unbranched alkanes of at least 4 members (excludes halogenated alkanes) is 1. The number of aryl methyl sites for hydroxylation is 1. The molecule has 1 fully saturated rings. The van der Waals surface area contributed by atoms with E-state index in [0.717, 1.165) is 25.1 Å². The molecule has 3 heterocycles. The maximum Gasteiger partial charge on any atom is 0.239 e. The number of thioether (sulfide) groups is 1. The molecule has 3 aromatic rings. The lowest BCUT2D eigenvalue weighted by atomic mass is 10.2. The summed E-state index contributed by atoms with van der Waals surface area (Å²) in [5.41, 5.74) is 0.672. The third-order valence-electron chi connectivity index (χ3n) is 4.84. The molecule has 4 rings (SSSR count). The van der Waals surface area contributed by atoms with Gasteiger partial charge in [0.1, 0.15) is 5.82 Å². The number of aromatic nitrogens is 5. The standard InChI is InChI=1S/C20H25FN6O2S/c1-3-4-8-17-22-18(29-25-17)14(2)30-20-24-23-19(26-9-11-28-12-10-26)27(20)16-7-5-6-15(21)13-16/h5-7,13-14H,3-4,8-12H2,1-2H3. The molecule has 1 aliphatic rings. The Morgan fingerprint density at radius 2 is 2.07 bits per heavy atom. The van der Waals surface area contributed by atoms with E-state index >= 15 is 0 Å². The van der Waals surface area contributed by atoms with Crippen LogP contribution in [0.2, 0.25) is 0 Å². The molecule has 160 valence electrons. The summed E-state index contributed by atoms with van der Waals surface area (Å²) < 4.78 is 26.8. The van der Waals surface area contributed by atoms with Gasteiger partial charge in [0.15, 0.2) is 11.0 Å². The highest BCUT2D eigenvalue weighted by molar-refractivity contribution is 7.99. The van der Waals surface area contributed by atoms with Crippen molar-refractivity contribution < 1.29 is 13.7 Å². The zero-order valence-electron chi connectivity index (χ0n) is 17.1. The van der Waals surface area contributed by atoms with Crippen LogP contribution in [0.5, 0.6) is 0 Å². The summed E-state index contributed by atoms with van der Waals surface area (Å²) in [6.07, 6.45) is 2.91. The van der Waals surface area contributed by atoms with Gasteiger partial charge in [-0.15, -0.1) is 10.2 Å². The lowest BCUT2D eigenvalue weighted by Crippen LogP contribution is -2.37. The van der Waals surface area contributed by atoms with Crippen molar-refractivity contribution >= 4 is 17.7 Å². The van der Waals surface area contributed by atoms with E-state index in [0.29, 0.717) is 49.0 Å². The van der Waals surface area contributed by atoms with Crippen molar-refractivity contribution in [1.82, 2.24) is 24.9 Å². The fourth-order valence-corrected chi connectivity index (χ4v) is 4.12. The minimum atomic E-state index is -0.310. The molecule has 0 spiro atoms. The predicted octanol–water partition coefficient (Wildman–Crippen LogP) is 3.82. The molecule has 0 N–H and O–H groups in total. The van der Waals surface area contributed by atoms with Crippen LogP contribution in [0.1, 0.15) is 43.7 Å². The van der Waals surface area contributed by atoms with Gasteiger partial charge in [-0.2, -0.15) is 4.98 Å². The summed E-state index contributed by atoms with van der Waals surface area (Å²) in [6.45, 7) is 6.77. The van der Waals surface area contributed by atoms with Crippen molar-refractivity contribution in [1.29, 1.82) is 0 Å². The lowest BCUT2D eigenvalue weighted by molar-refractivity contribution is 0.122. The SMILES string of the molecule is CCCCc1noc(C(C)Sc2nnc(N3CCOCC3)n2-c2cccc(F)c2)n1. The van der Waals surface area contributed by atoms with Gasteiger partial charge in [-0.25, -0.2) is 4.39 Å². The molecule has 30 heavy (non-hydrogen) atoms. The number of nitrogens with zero attached hydrogens (tertiary/aromatic N) is 6. The van der Waals surface area contributed by atoms with Crippen molar-refractivity contribution in [3.63, 3.8) is 0 Å². The molecule has 0 aliphatic carbocycles. The van der Waals surface area contributed by atoms with Crippen molar-refractivity contribution in [3.05, 3.63) is 41.8 Å². The van der Waals surface area contributed by atoms with Gasteiger partial charge in [0, 0.05) is 19.5 Å². The first kappa shape index (κ1) is 20.8. The smallest absolute Gasteiger partial charge is 0.239 e. The van der Waals surface area contributed by atoms with Crippen molar-refractivity contribution in [2.75, 3.05) is 31.2 Å². The van der Waals surface area contributed by atoms with Crippen molar-refractivity contribution in [2.24, 2.45) is 0 Å². The quantitative estimate of drug-likeness (QED) is 0.497. The molecule has 0 bridgehead atoms. The number of anilines is 1. The molecule has 1 aliphatic heterocycles. The van der Waals surface area contributed by atoms with Gasteiger partial charge in [-0.1, -0.05) is 36.3 Å². The molecule has 10 heteroatoms. The molecule has 0 saturated carbocycles. The van der Waals surface area contributed by atoms with Crippen LogP contribution in [0.3, 0.4) is 0 Å². The molecule has 1 atom stereocenters. The summed E-state index contributed by atoms with van der Waals surface area (Å²) in [5.74, 6) is 1.64. The molecule has 0 amide bonds. The number of rotatable bonds is 8. The molecule has 2 aromatic heterocycles. The average molecular weight is 433 g/mol. The number of hydrogen-bond acceptors (Lipinski definition) is 8. The van der Waals surface area contributed by atoms with Gasteiger partial charge in [0.2, 0.25) is 11.8 Å². The van der Waals surface area contributed by atoms with Gasteiger partial charge >= 0.3 is 0 Å². The first-order valence-electron chi connectivity index (χ1n) is 10.2. The fourth-order valence-electron chi connectivity index (χ4n) is 3.23. The van der Waals surface area contributed by atoms with E-state index < -0.39 is 0 Å². The van der Waals surface area contributed by atoms with E-state index in [1.807, 2.05) is 17.6 Å². The molecule has 0 radical (unpaired) electrons. The van der Waals surface area contributed by atoms with Gasteiger partial charge in [-0.3, -0.25) is 4.57 Å². The highest BCUT2D eigenvalue weighted by Gasteiger charge is 2.25. The van der Waals surface area contributed by atoms with E-state index in [-0.39, 0.29) is 11.1 Å². The van der Waals surface area contributed by atoms with E-state index in [9.17, 15) is 4.39 Å². The zero-order valence-corrected chi connectivity index (χ0v) is 17.9. The highest BCUT2D eigenvalue weighted by atomic mass is 32.2. The Morgan fingerprint density at radius 1 is 1.23 bits per heavy atom. The Bertz CT molecular complexity index is 972. The lowest BCUT2D eigenvalue weighted by Gasteiger charge is -2.28. The largest absolute Gasteiger partial charge is 0.378 e. The van der Waals surface area contributed by atoms with E-state index in [1.165, 1.54) is 23.9 Å². The summed E-state index contributed by atoms with van der Waals surface area (Å²) in [4.78, 5) is 6.62. The second-order valence-corrected chi connectivity index (χ2v) is 8.42. The van der Waals surface area contributed by atoms with E-state index in [4.69, 9.17) is 9.26 Å². The maximum atomic E-state index is 14.0. The Kier molecular flexibility index (Phi) is 6.63. The summed E-state index contributed by atoms with van der Waals surface area (Å²) in [5, 5.41) is 13.4. The Labute approximate surface area is 178 Å². The summed E-state index contributed by atoms with van der Waals surface area (Å²) in [7, 11) is 0. The minimum absolute atomic E-state index is 0.123. The van der Waals surface area contributed by atoms with Crippen LogP contribution < -0.4 is 4.90 Å². The number of morpholine rings is 1. The van der Waals surface area contributed by atoms with Crippen molar-refractivity contribution in [3.8, 4) is 5.69 Å². The highest BCUT2D eigenvalue weighted by Crippen LogP contribution is 2.36. The zero-order chi connectivity index (χ0) is 20.9. The number of halogens is 1. The fraction of sp³-hybridized carbons (Fsp3) is 0.500. The van der Waals surface area contributed by atoms with Gasteiger partial charge in [-0.05, 0) is 31.5 Å². The van der Waals surface area contributed by atoms with Gasteiger partial charge in [0.05, 0.1) is 24.2 Å². The van der Waals surface area contributed by atoms with Crippen LogP contribution in [-0.4, -0.2) is 51.2 Å². The molecule has 1 unspecified atom stereocenters. The van der Waals surface area contributed by atoms with Gasteiger partial charge < -0.3 is 14.2 Å². The van der Waals surface area contributed by atoms with Crippen LogP contribution >= 0.6 is 11.8 Å². The van der Waals surface area contributed by atoms with Crippen LogP contribution in [0, 0.1) is 5.82 Å². The minimum Gasteiger partial charge on any atom is -0.378 e. The normalized spacial score (nSPS) is 15.5. The number of hydrogen-bond donors (Lipinski definition) is 0. The predicted molar refractivity (Wildman–Crippen MR) is 112 cm³/mol. The Morgan fingerprint density at radius 3 is 2.83 bits per heavy atom. The maximum absolute atomic E-state index is 14.0. The molecule has 1 saturated heterocycles. The number of benzene rings is 1. The van der Waals surface area contributed by atoms with Crippen molar-refractivity contribution in [2.45, 2.75) is 43.5 Å². The Balaban J connectivity index is 1.62. The van der Waals surface area contributed by atoms with Gasteiger partial charge in [0.25, 0.3) is 0 Å². The summed E-state index contributed by atoms with van der Waals surface area (Å²) >= 11 is 1.46. The first-order valence-corrected chi connectivity index (χ1v) is 11.1. The first-order chi connectivity index (χ1) is 14.7. The molecule has 8 nitrogen and oxygen atoms in total. The number of ether oxygens (including phenoxy) is 1. The molecular weight excluding hydrogens is 407 g/mol.